The topological polar surface area (TPSA) is 55.5 Å². The van der Waals surface area contributed by atoms with Gasteiger partial charge in [0, 0.05) is 48.8 Å². The van der Waals surface area contributed by atoms with Crippen LogP contribution in [0.5, 0.6) is 0 Å². The van der Waals surface area contributed by atoms with Crippen molar-refractivity contribution in [2.75, 3.05) is 26.3 Å². The summed E-state index contributed by atoms with van der Waals surface area (Å²) in [4.78, 5) is 16.8. The predicted octanol–water partition coefficient (Wildman–Crippen LogP) is 5.92. The molecule has 1 saturated heterocycles. The maximum atomic E-state index is 6.38. The van der Waals surface area contributed by atoms with Crippen molar-refractivity contribution in [2.24, 2.45) is 0 Å². The Morgan fingerprint density at radius 3 is 2.53 bits per heavy atom. The van der Waals surface area contributed by atoms with Crippen LogP contribution in [0, 0.1) is 6.92 Å². The van der Waals surface area contributed by atoms with Crippen LogP contribution in [0.3, 0.4) is 0 Å². The Bertz CT molecular complexity index is 1520. The van der Waals surface area contributed by atoms with Crippen molar-refractivity contribution < 1.29 is 4.74 Å². The van der Waals surface area contributed by atoms with E-state index in [0.717, 1.165) is 78.1 Å². The van der Waals surface area contributed by atoms with Gasteiger partial charge in [-0.3, -0.25) is 19.3 Å². The summed E-state index contributed by atoms with van der Waals surface area (Å²) < 4.78 is 7.50. The second-order valence-electron chi connectivity index (χ2n) is 9.06. The molecule has 36 heavy (non-hydrogen) atoms. The number of hydrogen-bond acceptors (Lipinski definition) is 5. The van der Waals surface area contributed by atoms with Gasteiger partial charge in [0.25, 0.3) is 0 Å². The highest BCUT2D eigenvalue weighted by Gasteiger charge is 2.18. The zero-order valence-electron chi connectivity index (χ0n) is 20.1. The molecule has 5 heterocycles. The molecule has 1 aromatic carbocycles. The maximum Gasteiger partial charge on any atom is 0.138 e. The number of imidazole rings is 1. The normalized spacial score (nSPS) is 14.4. The van der Waals surface area contributed by atoms with Gasteiger partial charge in [0.2, 0.25) is 0 Å². The summed E-state index contributed by atoms with van der Waals surface area (Å²) >= 11 is 6.38. The predicted molar refractivity (Wildman–Crippen MR) is 143 cm³/mol. The van der Waals surface area contributed by atoms with Crippen molar-refractivity contribution in [3.8, 4) is 33.9 Å². The Balaban J connectivity index is 1.39. The molecule has 0 N–H and O–H groups in total. The van der Waals surface area contributed by atoms with E-state index < -0.39 is 0 Å². The lowest BCUT2D eigenvalue weighted by molar-refractivity contribution is 0.0342. The first-order valence-corrected chi connectivity index (χ1v) is 12.5. The van der Waals surface area contributed by atoms with Crippen LogP contribution >= 0.6 is 11.6 Å². The van der Waals surface area contributed by atoms with Crippen LogP contribution in [0.4, 0.5) is 0 Å². The highest BCUT2D eigenvalue weighted by atomic mass is 35.5. The van der Waals surface area contributed by atoms with Crippen molar-refractivity contribution in [3.63, 3.8) is 0 Å². The molecule has 180 valence electrons. The van der Waals surface area contributed by atoms with Crippen molar-refractivity contribution in [2.45, 2.75) is 13.5 Å². The number of rotatable bonds is 5. The fourth-order valence-corrected chi connectivity index (χ4v) is 4.84. The van der Waals surface area contributed by atoms with E-state index >= 15 is 0 Å². The first-order chi connectivity index (χ1) is 17.6. The SMILES string of the molecule is Cc1cccc(-c2nc3ccc(Cl)cn3c2-c2ccnc(-c3ccc(CN4CCOCC4)cc3)c2)n1. The molecule has 0 spiro atoms. The largest absolute Gasteiger partial charge is 0.379 e. The number of aryl methyl sites for hydroxylation is 1. The smallest absolute Gasteiger partial charge is 0.138 e. The molecule has 6 rings (SSSR count). The quantitative estimate of drug-likeness (QED) is 0.303. The molecule has 1 fully saturated rings. The second kappa shape index (κ2) is 9.82. The Morgan fingerprint density at radius 1 is 0.889 bits per heavy atom. The molecule has 0 radical (unpaired) electrons. The number of benzene rings is 1. The van der Waals surface area contributed by atoms with Gasteiger partial charge in [0.05, 0.1) is 35.3 Å². The molecule has 1 aliphatic rings. The summed E-state index contributed by atoms with van der Waals surface area (Å²) in [6, 6.07) is 22.6. The zero-order valence-corrected chi connectivity index (χ0v) is 20.8. The lowest BCUT2D eigenvalue weighted by Crippen LogP contribution is -2.35. The van der Waals surface area contributed by atoms with Crippen LogP contribution in [-0.4, -0.2) is 50.6 Å². The summed E-state index contributed by atoms with van der Waals surface area (Å²) in [7, 11) is 0. The molecule has 5 aromatic rings. The molecule has 0 bridgehead atoms. The number of hydrogen-bond donors (Lipinski definition) is 0. The Kier molecular flexibility index (Phi) is 6.23. The Labute approximate surface area is 215 Å². The van der Waals surface area contributed by atoms with Crippen molar-refractivity contribution in [1.82, 2.24) is 24.3 Å². The maximum absolute atomic E-state index is 6.38. The van der Waals surface area contributed by atoms with E-state index in [9.17, 15) is 0 Å². The Morgan fingerprint density at radius 2 is 1.72 bits per heavy atom. The summed E-state index contributed by atoms with van der Waals surface area (Å²) in [5.74, 6) is 0. The average Bonchev–Trinajstić information content (AvgIpc) is 3.28. The molecule has 4 aromatic heterocycles. The number of nitrogens with zero attached hydrogens (tertiary/aromatic N) is 5. The monoisotopic (exact) mass is 495 g/mol. The van der Waals surface area contributed by atoms with E-state index in [-0.39, 0.29) is 0 Å². The molecular weight excluding hydrogens is 470 g/mol. The first-order valence-electron chi connectivity index (χ1n) is 12.1. The van der Waals surface area contributed by atoms with Gasteiger partial charge >= 0.3 is 0 Å². The summed E-state index contributed by atoms with van der Waals surface area (Å²) in [5.41, 5.74) is 8.63. The van der Waals surface area contributed by atoms with Crippen LogP contribution in [0.25, 0.3) is 39.5 Å². The number of pyridine rings is 3. The number of aromatic nitrogens is 4. The van der Waals surface area contributed by atoms with Gasteiger partial charge in [-0.25, -0.2) is 4.98 Å². The van der Waals surface area contributed by atoms with Crippen LogP contribution < -0.4 is 0 Å². The second-order valence-corrected chi connectivity index (χ2v) is 9.50. The van der Waals surface area contributed by atoms with Gasteiger partial charge in [-0.1, -0.05) is 41.9 Å². The lowest BCUT2D eigenvalue weighted by atomic mass is 10.0. The van der Waals surface area contributed by atoms with Crippen molar-refractivity contribution in [3.05, 3.63) is 95.4 Å². The number of halogens is 1. The fraction of sp³-hybridized carbons (Fsp3) is 0.207. The lowest BCUT2D eigenvalue weighted by Gasteiger charge is -2.26. The molecule has 0 amide bonds. The zero-order chi connectivity index (χ0) is 24.5. The molecule has 6 nitrogen and oxygen atoms in total. The van der Waals surface area contributed by atoms with Gasteiger partial charge in [-0.2, -0.15) is 0 Å². The molecular formula is C29H26ClN5O. The Hall–Kier alpha value is -3.58. The average molecular weight is 496 g/mol. The van der Waals surface area contributed by atoms with Gasteiger partial charge in [-0.05, 0) is 48.9 Å². The molecule has 0 aliphatic carbocycles. The van der Waals surface area contributed by atoms with E-state index in [1.165, 1.54) is 5.56 Å². The molecule has 0 unspecified atom stereocenters. The minimum atomic E-state index is 0.648. The fourth-order valence-electron chi connectivity index (χ4n) is 4.68. The van der Waals surface area contributed by atoms with Crippen molar-refractivity contribution >= 4 is 17.2 Å². The van der Waals surface area contributed by atoms with Gasteiger partial charge < -0.3 is 4.74 Å². The van der Waals surface area contributed by atoms with E-state index in [4.69, 9.17) is 26.3 Å². The highest BCUT2D eigenvalue weighted by molar-refractivity contribution is 6.30. The highest BCUT2D eigenvalue weighted by Crippen LogP contribution is 2.34. The molecule has 7 heteroatoms. The van der Waals surface area contributed by atoms with E-state index in [2.05, 4.69) is 40.2 Å². The summed E-state index contributed by atoms with van der Waals surface area (Å²) in [5, 5.41) is 0.648. The van der Waals surface area contributed by atoms with Gasteiger partial charge in [0.1, 0.15) is 11.3 Å². The third-order valence-electron chi connectivity index (χ3n) is 6.51. The van der Waals surface area contributed by atoms with Crippen LogP contribution in [0.15, 0.2) is 79.1 Å². The minimum Gasteiger partial charge on any atom is -0.379 e. The summed E-state index contributed by atoms with van der Waals surface area (Å²) in [6.45, 7) is 6.50. The van der Waals surface area contributed by atoms with Crippen LogP contribution in [0.2, 0.25) is 5.02 Å². The molecule has 1 aliphatic heterocycles. The minimum absolute atomic E-state index is 0.648. The van der Waals surface area contributed by atoms with E-state index in [1.54, 1.807) is 0 Å². The van der Waals surface area contributed by atoms with Crippen molar-refractivity contribution in [1.29, 1.82) is 0 Å². The third-order valence-corrected chi connectivity index (χ3v) is 6.73. The number of morpholine rings is 1. The summed E-state index contributed by atoms with van der Waals surface area (Å²) in [6.07, 6.45) is 3.75. The number of ether oxygens (including phenoxy) is 1. The van der Waals surface area contributed by atoms with E-state index in [1.807, 2.05) is 60.1 Å². The molecule has 0 atom stereocenters. The van der Waals surface area contributed by atoms with Crippen LogP contribution in [0.1, 0.15) is 11.3 Å². The third kappa shape index (κ3) is 4.63. The van der Waals surface area contributed by atoms with Gasteiger partial charge in [-0.15, -0.1) is 0 Å². The van der Waals surface area contributed by atoms with Crippen LogP contribution in [-0.2, 0) is 11.3 Å². The first kappa shape index (κ1) is 22.9. The number of fused-ring (bicyclic) bond motifs is 1. The van der Waals surface area contributed by atoms with E-state index in [0.29, 0.717) is 5.02 Å². The van der Waals surface area contributed by atoms with Gasteiger partial charge in [0.15, 0.2) is 0 Å². The standard InChI is InChI=1S/C29H26ClN5O/c1-20-3-2-4-25(32-20)28-29(35-19-24(30)9-10-27(35)33-28)23-11-12-31-26(17-23)22-7-5-21(6-8-22)18-34-13-15-36-16-14-34/h2-12,17,19H,13-16,18H2,1H3. The molecule has 0 saturated carbocycles.